The smallest absolute Gasteiger partial charge is 0.405 e. The van der Waals surface area contributed by atoms with Gasteiger partial charge in [0.15, 0.2) is 6.10 Å². The third-order valence-electron chi connectivity index (χ3n) is 4.24. The summed E-state index contributed by atoms with van der Waals surface area (Å²) in [5, 5.41) is 6.87. The molecule has 0 spiro atoms. The normalized spacial score (nSPS) is 12.7. The van der Waals surface area contributed by atoms with Crippen LogP contribution in [0.2, 0.25) is 0 Å². The topological polar surface area (TPSA) is 150 Å². The number of carbonyl (C=O) groups is 2. The van der Waals surface area contributed by atoms with Gasteiger partial charge in [-0.15, -0.1) is 0 Å². The van der Waals surface area contributed by atoms with Crippen LogP contribution in [0.25, 0.3) is 0 Å². The maximum Gasteiger partial charge on any atom is 0.405 e. The fourth-order valence-electron chi connectivity index (χ4n) is 2.50. The standard InChI is InChI=1S/C18H12F2I3NO9S/c1-7-3-4-10(16(25)32-8(2)18(19,20)34(29,30)31)14(24(27)28)15(7)33-17(26)11-5-9(21)6-12(22)13(11)23/h3-6,8H,1-2H3,(H,29,30,31). The molecule has 0 radical (unpaired) electrons. The summed E-state index contributed by atoms with van der Waals surface area (Å²) in [5.41, 5.74) is -1.75. The number of nitro benzene ring substituents is 1. The molecule has 2 rings (SSSR count). The van der Waals surface area contributed by atoms with Gasteiger partial charge in [0, 0.05) is 10.7 Å². The van der Waals surface area contributed by atoms with Gasteiger partial charge in [-0.2, -0.15) is 17.2 Å². The Morgan fingerprint density at radius 2 is 1.74 bits per heavy atom. The Hall–Kier alpha value is -1.26. The Labute approximate surface area is 232 Å². The molecule has 1 unspecified atom stereocenters. The third-order valence-corrected chi connectivity index (χ3v) is 8.93. The zero-order valence-electron chi connectivity index (χ0n) is 16.8. The van der Waals surface area contributed by atoms with Crippen molar-refractivity contribution in [3.05, 3.63) is 61.8 Å². The molecule has 0 amide bonds. The summed E-state index contributed by atoms with van der Waals surface area (Å²) in [6.07, 6.45) is -2.70. The molecule has 0 saturated heterocycles. The van der Waals surface area contributed by atoms with E-state index in [-0.39, 0.29) is 11.1 Å². The van der Waals surface area contributed by atoms with Crippen molar-refractivity contribution in [1.82, 2.24) is 0 Å². The van der Waals surface area contributed by atoms with Crippen molar-refractivity contribution < 1.29 is 45.7 Å². The fraction of sp³-hybridized carbons (Fsp3) is 0.222. The molecule has 1 atom stereocenters. The predicted octanol–water partition coefficient (Wildman–Crippen LogP) is 4.96. The third kappa shape index (κ3) is 6.10. The number of benzene rings is 2. The Morgan fingerprint density at radius 3 is 2.26 bits per heavy atom. The Morgan fingerprint density at radius 1 is 1.15 bits per heavy atom. The van der Waals surface area contributed by atoms with E-state index in [4.69, 9.17) is 9.29 Å². The van der Waals surface area contributed by atoms with Gasteiger partial charge in [-0.1, -0.05) is 6.07 Å². The highest BCUT2D eigenvalue weighted by molar-refractivity contribution is 14.1. The van der Waals surface area contributed by atoms with E-state index in [9.17, 15) is 36.9 Å². The van der Waals surface area contributed by atoms with Gasteiger partial charge < -0.3 is 9.47 Å². The van der Waals surface area contributed by atoms with Gasteiger partial charge in [0.2, 0.25) is 5.75 Å². The van der Waals surface area contributed by atoms with Gasteiger partial charge in [-0.05, 0) is 105 Å². The molecule has 0 aromatic heterocycles. The molecule has 0 aliphatic rings. The van der Waals surface area contributed by atoms with Crippen molar-refractivity contribution in [2.45, 2.75) is 25.2 Å². The molecule has 184 valence electrons. The Kier molecular flexibility index (Phi) is 9.19. The minimum atomic E-state index is -5.94. The largest absolute Gasteiger partial charge is 0.451 e. The van der Waals surface area contributed by atoms with Crippen LogP contribution in [0.4, 0.5) is 14.5 Å². The van der Waals surface area contributed by atoms with E-state index >= 15 is 0 Å². The van der Waals surface area contributed by atoms with Gasteiger partial charge in [-0.3, -0.25) is 14.7 Å². The number of halogens is 5. The summed E-state index contributed by atoms with van der Waals surface area (Å²) >= 11 is 5.85. The van der Waals surface area contributed by atoms with Gasteiger partial charge in [-0.25, -0.2) is 9.59 Å². The number of carbonyl (C=O) groups excluding carboxylic acids is 2. The Bertz CT molecular complexity index is 1300. The van der Waals surface area contributed by atoms with Crippen LogP contribution in [0.5, 0.6) is 5.75 Å². The van der Waals surface area contributed by atoms with Crippen LogP contribution in [0.3, 0.4) is 0 Å². The van der Waals surface area contributed by atoms with Crippen molar-refractivity contribution >= 4 is 95.5 Å². The van der Waals surface area contributed by atoms with E-state index < -0.39 is 55.3 Å². The molecule has 34 heavy (non-hydrogen) atoms. The van der Waals surface area contributed by atoms with E-state index in [2.05, 4.69) is 4.74 Å². The maximum absolute atomic E-state index is 13.7. The molecule has 0 bridgehead atoms. The number of rotatable bonds is 7. The molecular formula is C18H12F2I3NO9S. The lowest BCUT2D eigenvalue weighted by atomic mass is 10.1. The minimum absolute atomic E-state index is 0.0725. The first-order chi connectivity index (χ1) is 15.5. The summed E-state index contributed by atoms with van der Waals surface area (Å²) in [7, 11) is -5.94. The lowest BCUT2D eigenvalue weighted by molar-refractivity contribution is -0.386. The first kappa shape index (κ1) is 29.0. The first-order valence-corrected chi connectivity index (χ1v) is 13.4. The molecule has 0 aliphatic heterocycles. The second kappa shape index (κ2) is 10.8. The van der Waals surface area contributed by atoms with Gasteiger partial charge in [0.05, 0.1) is 10.5 Å². The second-order valence-corrected chi connectivity index (χ2v) is 11.6. The number of hydrogen-bond donors (Lipinski definition) is 1. The molecule has 2 aromatic rings. The van der Waals surface area contributed by atoms with E-state index in [1.807, 2.05) is 67.8 Å². The average Bonchev–Trinajstić information content (AvgIpc) is 2.70. The molecule has 1 N–H and O–H groups in total. The number of nitrogens with zero attached hydrogens (tertiary/aromatic N) is 1. The van der Waals surface area contributed by atoms with Crippen molar-refractivity contribution in [3.63, 3.8) is 0 Å². The van der Waals surface area contributed by atoms with Crippen LogP contribution in [0, 0.1) is 27.7 Å². The Balaban J connectivity index is 2.52. The molecule has 10 nitrogen and oxygen atoms in total. The number of nitro groups is 1. The summed E-state index contributed by atoms with van der Waals surface area (Å²) in [4.78, 5) is 35.9. The van der Waals surface area contributed by atoms with Crippen LogP contribution in [0.15, 0.2) is 24.3 Å². The van der Waals surface area contributed by atoms with E-state index in [1.54, 1.807) is 6.07 Å². The highest BCUT2D eigenvalue weighted by Gasteiger charge is 2.52. The second-order valence-electron chi connectivity index (χ2n) is 6.59. The van der Waals surface area contributed by atoms with Crippen LogP contribution in [-0.2, 0) is 14.9 Å². The van der Waals surface area contributed by atoms with Gasteiger partial charge in [0.1, 0.15) is 5.56 Å². The zero-order valence-corrected chi connectivity index (χ0v) is 24.1. The maximum atomic E-state index is 13.7. The number of esters is 2. The number of aryl methyl sites for hydroxylation is 1. The van der Waals surface area contributed by atoms with Gasteiger partial charge in [0.25, 0.3) is 0 Å². The highest BCUT2D eigenvalue weighted by Crippen LogP contribution is 2.37. The number of hydrogen-bond acceptors (Lipinski definition) is 8. The molecule has 0 saturated carbocycles. The van der Waals surface area contributed by atoms with E-state index in [0.717, 1.165) is 12.1 Å². The molecule has 0 heterocycles. The fourth-order valence-corrected chi connectivity index (χ4v) is 5.35. The molecular weight excluding hydrogens is 825 g/mol. The van der Waals surface area contributed by atoms with Crippen molar-refractivity contribution in [2.24, 2.45) is 0 Å². The lowest BCUT2D eigenvalue weighted by Gasteiger charge is -2.21. The number of alkyl halides is 2. The highest BCUT2D eigenvalue weighted by atomic mass is 127. The van der Waals surface area contributed by atoms with E-state index in [0.29, 0.717) is 17.6 Å². The van der Waals surface area contributed by atoms with Crippen LogP contribution in [-0.4, -0.2) is 41.2 Å². The molecule has 0 fully saturated rings. The summed E-state index contributed by atoms with van der Waals surface area (Å²) in [6.45, 7) is 1.83. The quantitative estimate of drug-likeness (QED) is 0.0777. The summed E-state index contributed by atoms with van der Waals surface area (Å²) in [6, 6.07) is 5.31. The predicted molar refractivity (Wildman–Crippen MR) is 139 cm³/mol. The van der Waals surface area contributed by atoms with Crippen LogP contribution in [0.1, 0.15) is 33.2 Å². The summed E-state index contributed by atoms with van der Waals surface area (Å²) in [5.74, 6) is -3.29. The van der Waals surface area contributed by atoms with Gasteiger partial charge >= 0.3 is 33.0 Å². The van der Waals surface area contributed by atoms with E-state index in [1.165, 1.54) is 13.0 Å². The molecule has 16 heteroatoms. The van der Waals surface area contributed by atoms with Crippen molar-refractivity contribution in [1.29, 1.82) is 0 Å². The van der Waals surface area contributed by atoms with Crippen LogP contribution < -0.4 is 4.74 Å². The molecule has 2 aromatic carbocycles. The van der Waals surface area contributed by atoms with Crippen LogP contribution >= 0.6 is 67.8 Å². The number of ether oxygens (including phenoxy) is 2. The monoisotopic (exact) mass is 837 g/mol. The summed E-state index contributed by atoms with van der Waals surface area (Å²) < 4.78 is 69.4. The van der Waals surface area contributed by atoms with Crippen molar-refractivity contribution in [2.75, 3.05) is 0 Å². The first-order valence-electron chi connectivity index (χ1n) is 8.69. The minimum Gasteiger partial charge on any atom is -0.451 e. The SMILES string of the molecule is Cc1ccc(C(=O)OC(C)C(F)(F)S(=O)(=O)O)c([N+](=O)[O-])c1OC(=O)c1cc(I)cc(I)c1I. The molecule has 0 aliphatic carbocycles. The lowest BCUT2D eigenvalue weighted by Crippen LogP contribution is -2.42. The van der Waals surface area contributed by atoms with Crippen molar-refractivity contribution in [3.8, 4) is 5.75 Å². The average molecular weight is 837 g/mol. The zero-order chi connectivity index (χ0) is 26.2.